The molecular formula is C17H14F2N2O2. The minimum atomic E-state index is -0.733. The molecule has 0 radical (unpaired) electrons. The topological polar surface area (TPSA) is 47.3 Å². The van der Waals surface area contributed by atoms with Crippen molar-refractivity contribution >= 4 is 0 Å². The van der Waals surface area contributed by atoms with E-state index >= 15 is 0 Å². The summed E-state index contributed by atoms with van der Waals surface area (Å²) in [4.78, 5) is 4.20. The predicted molar refractivity (Wildman–Crippen MR) is 81.3 cm³/mol. The first-order valence-electron chi connectivity index (χ1n) is 6.91. The molecule has 0 amide bonds. The molecule has 118 valence electrons. The number of nitrogens with zero attached hydrogens (tertiary/aromatic N) is 2. The molecule has 4 nitrogen and oxygen atoms in total. The Kier molecular flexibility index (Phi) is 3.97. The first-order chi connectivity index (χ1) is 11.1. The first kappa shape index (κ1) is 15.0. The van der Waals surface area contributed by atoms with E-state index in [0.717, 1.165) is 0 Å². The SMILES string of the molecule is COc1ccc(F)c(Cn2ccnc2-c2cccc(O)c2)c1F. The third-order valence-corrected chi connectivity index (χ3v) is 3.52. The summed E-state index contributed by atoms with van der Waals surface area (Å²) in [5.74, 6) is -0.805. The number of hydrogen-bond acceptors (Lipinski definition) is 3. The van der Waals surface area contributed by atoms with Gasteiger partial charge in [0.2, 0.25) is 0 Å². The molecule has 1 aromatic heterocycles. The number of phenolic OH excluding ortho intramolecular Hbond substituents is 1. The van der Waals surface area contributed by atoms with Crippen molar-refractivity contribution in [3.63, 3.8) is 0 Å². The summed E-state index contributed by atoms with van der Waals surface area (Å²) in [5.41, 5.74) is 0.544. The smallest absolute Gasteiger partial charge is 0.172 e. The van der Waals surface area contributed by atoms with Crippen LogP contribution in [0.2, 0.25) is 0 Å². The second-order valence-electron chi connectivity index (χ2n) is 4.97. The monoisotopic (exact) mass is 316 g/mol. The maximum Gasteiger partial charge on any atom is 0.172 e. The number of aromatic nitrogens is 2. The Labute approximate surface area is 131 Å². The van der Waals surface area contributed by atoms with E-state index in [4.69, 9.17) is 4.74 Å². The van der Waals surface area contributed by atoms with Crippen LogP contribution in [0.25, 0.3) is 11.4 Å². The third kappa shape index (κ3) is 2.88. The molecule has 0 atom stereocenters. The number of benzene rings is 2. The van der Waals surface area contributed by atoms with Crippen LogP contribution < -0.4 is 4.74 Å². The minimum Gasteiger partial charge on any atom is -0.508 e. The van der Waals surface area contributed by atoms with Crippen molar-refractivity contribution < 1.29 is 18.6 Å². The van der Waals surface area contributed by atoms with Gasteiger partial charge in [-0.1, -0.05) is 12.1 Å². The van der Waals surface area contributed by atoms with Crippen molar-refractivity contribution in [3.05, 3.63) is 66.0 Å². The van der Waals surface area contributed by atoms with E-state index in [-0.39, 0.29) is 23.6 Å². The molecule has 1 heterocycles. The highest BCUT2D eigenvalue weighted by Crippen LogP contribution is 2.26. The van der Waals surface area contributed by atoms with Crippen LogP contribution in [0.15, 0.2) is 48.8 Å². The highest BCUT2D eigenvalue weighted by atomic mass is 19.1. The number of methoxy groups -OCH3 is 1. The van der Waals surface area contributed by atoms with Crippen molar-refractivity contribution in [3.8, 4) is 22.9 Å². The average Bonchev–Trinajstić information content (AvgIpc) is 3.00. The zero-order valence-corrected chi connectivity index (χ0v) is 12.3. The maximum atomic E-state index is 14.3. The van der Waals surface area contributed by atoms with Crippen LogP contribution in [0, 0.1) is 11.6 Å². The van der Waals surface area contributed by atoms with Gasteiger partial charge in [0.25, 0.3) is 0 Å². The lowest BCUT2D eigenvalue weighted by molar-refractivity contribution is 0.380. The zero-order valence-electron chi connectivity index (χ0n) is 12.3. The van der Waals surface area contributed by atoms with E-state index in [2.05, 4.69) is 4.98 Å². The zero-order chi connectivity index (χ0) is 16.4. The van der Waals surface area contributed by atoms with Crippen LogP contribution in [-0.2, 0) is 6.54 Å². The molecule has 0 saturated carbocycles. The molecule has 1 N–H and O–H groups in total. The quantitative estimate of drug-likeness (QED) is 0.800. The molecule has 2 aromatic carbocycles. The van der Waals surface area contributed by atoms with Gasteiger partial charge in [0.15, 0.2) is 11.6 Å². The molecule has 0 spiro atoms. The molecule has 0 bridgehead atoms. The minimum absolute atomic E-state index is 0.0135. The molecule has 0 fully saturated rings. The average molecular weight is 316 g/mol. The number of hydrogen-bond donors (Lipinski definition) is 1. The number of rotatable bonds is 4. The maximum absolute atomic E-state index is 14.3. The van der Waals surface area contributed by atoms with Crippen LogP contribution in [0.5, 0.6) is 11.5 Å². The van der Waals surface area contributed by atoms with E-state index < -0.39 is 11.6 Å². The summed E-state index contributed by atoms with van der Waals surface area (Å²) in [7, 11) is 1.33. The fraction of sp³-hybridized carbons (Fsp3) is 0.118. The van der Waals surface area contributed by atoms with Crippen LogP contribution in [0.3, 0.4) is 0 Å². The molecule has 0 aliphatic carbocycles. The Hall–Kier alpha value is -2.89. The fourth-order valence-corrected chi connectivity index (χ4v) is 2.39. The summed E-state index contributed by atoms with van der Waals surface area (Å²) < 4.78 is 34.8. The Balaban J connectivity index is 2.02. The van der Waals surface area contributed by atoms with Gasteiger partial charge in [0.05, 0.1) is 13.7 Å². The summed E-state index contributed by atoms with van der Waals surface area (Å²) >= 11 is 0. The lowest BCUT2D eigenvalue weighted by atomic mass is 10.1. The number of imidazole rings is 1. The summed E-state index contributed by atoms with van der Waals surface area (Å²) in [6.45, 7) is -0.0418. The summed E-state index contributed by atoms with van der Waals surface area (Å²) in [5, 5.41) is 9.58. The van der Waals surface area contributed by atoms with Gasteiger partial charge in [0.1, 0.15) is 17.4 Å². The lowest BCUT2D eigenvalue weighted by Crippen LogP contribution is -2.07. The van der Waals surface area contributed by atoms with E-state index in [1.54, 1.807) is 22.9 Å². The Morgan fingerprint density at radius 2 is 2.04 bits per heavy atom. The molecular weight excluding hydrogens is 302 g/mol. The van der Waals surface area contributed by atoms with Crippen molar-refractivity contribution in [1.29, 1.82) is 0 Å². The van der Waals surface area contributed by atoms with Crippen LogP contribution in [-0.4, -0.2) is 21.8 Å². The molecule has 3 aromatic rings. The van der Waals surface area contributed by atoms with Gasteiger partial charge >= 0.3 is 0 Å². The highest BCUT2D eigenvalue weighted by Gasteiger charge is 2.16. The van der Waals surface area contributed by atoms with Gasteiger partial charge in [-0.25, -0.2) is 13.8 Å². The van der Waals surface area contributed by atoms with Gasteiger partial charge in [0, 0.05) is 23.5 Å². The van der Waals surface area contributed by atoms with Crippen LogP contribution >= 0.6 is 0 Å². The molecule has 0 unspecified atom stereocenters. The van der Waals surface area contributed by atoms with Gasteiger partial charge in [-0.05, 0) is 24.3 Å². The van der Waals surface area contributed by atoms with Crippen molar-refractivity contribution in [2.24, 2.45) is 0 Å². The van der Waals surface area contributed by atoms with Crippen LogP contribution in [0.4, 0.5) is 8.78 Å². The Bertz CT molecular complexity index is 846. The number of halogens is 2. The number of aromatic hydroxyl groups is 1. The Morgan fingerprint density at radius 3 is 2.78 bits per heavy atom. The lowest BCUT2D eigenvalue weighted by Gasteiger charge is -2.12. The molecule has 0 saturated heterocycles. The van der Waals surface area contributed by atoms with Gasteiger partial charge in [-0.15, -0.1) is 0 Å². The van der Waals surface area contributed by atoms with Gasteiger partial charge in [-0.3, -0.25) is 0 Å². The largest absolute Gasteiger partial charge is 0.508 e. The second-order valence-corrected chi connectivity index (χ2v) is 4.97. The van der Waals surface area contributed by atoms with Gasteiger partial charge in [-0.2, -0.15) is 0 Å². The van der Waals surface area contributed by atoms with Crippen LogP contribution in [0.1, 0.15) is 5.56 Å². The fourth-order valence-electron chi connectivity index (χ4n) is 2.39. The summed E-state index contributed by atoms with van der Waals surface area (Å²) in [6, 6.07) is 8.93. The highest BCUT2D eigenvalue weighted by molar-refractivity contribution is 5.58. The Morgan fingerprint density at radius 1 is 1.22 bits per heavy atom. The van der Waals surface area contributed by atoms with Gasteiger partial charge < -0.3 is 14.4 Å². The second kappa shape index (κ2) is 6.08. The molecule has 3 rings (SSSR count). The standard InChI is InChI=1S/C17H14F2N2O2/c1-23-15-6-5-14(18)13(16(15)19)10-21-8-7-20-17(21)11-3-2-4-12(22)9-11/h2-9,22H,10H2,1H3. The number of phenols is 1. The van der Waals surface area contributed by atoms with Crippen molar-refractivity contribution in [2.45, 2.75) is 6.54 Å². The van der Waals surface area contributed by atoms with E-state index in [1.165, 1.54) is 37.6 Å². The first-order valence-corrected chi connectivity index (χ1v) is 6.91. The van der Waals surface area contributed by atoms with Crippen molar-refractivity contribution in [2.75, 3.05) is 7.11 Å². The molecule has 23 heavy (non-hydrogen) atoms. The van der Waals surface area contributed by atoms with Crippen molar-refractivity contribution in [1.82, 2.24) is 9.55 Å². The van der Waals surface area contributed by atoms with E-state index in [9.17, 15) is 13.9 Å². The van der Waals surface area contributed by atoms with E-state index in [0.29, 0.717) is 11.4 Å². The molecule has 0 aliphatic heterocycles. The van der Waals surface area contributed by atoms with E-state index in [1.807, 2.05) is 0 Å². The number of ether oxygens (including phenoxy) is 1. The molecule has 6 heteroatoms. The normalized spacial score (nSPS) is 10.7. The summed E-state index contributed by atoms with van der Waals surface area (Å²) in [6.07, 6.45) is 3.16. The molecule has 0 aliphatic rings. The third-order valence-electron chi connectivity index (χ3n) is 3.52. The predicted octanol–water partition coefficient (Wildman–Crippen LogP) is 3.59.